The highest BCUT2D eigenvalue weighted by atomic mass is 35.5. The van der Waals surface area contributed by atoms with Crippen molar-refractivity contribution in [3.63, 3.8) is 0 Å². The lowest BCUT2D eigenvalue weighted by Gasteiger charge is -2.11. The smallest absolute Gasteiger partial charge is 0.224 e. The molecule has 0 aliphatic carbocycles. The number of benzene rings is 1. The summed E-state index contributed by atoms with van der Waals surface area (Å²) in [7, 11) is 3.27. The molecule has 22 heavy (non-hydrogen) atoms. The summed E-state index contributed by atoms with van der Waals surface area (Å²) in [6.07, 6.45) is 2.77. The molecule has 124 valence electrons. The van der Waals surface area contributed by atoms with E-state index in [4.69, 9.17) is 9.47 Å². The highest BCUT2D eigenvalue weighted by molar-refractivity contribution is 5.85. The first-order chi connectivity index (χ1) is 10.2. The van der Waals surface area contributed by atoms with Gasteiger partial charge in [-0.2, -0.15) is 0 Å². The Kier molecular flexibility index (Phi) is 8.06. The van der Waals surface area contributed by atoms with E-state index in [-0.39, 0.29) is 24.2 Å². The Balaban J connectivity index is 0.00000242. The SMILES string of the molecule is COc1ccc(CCCNC(=O)C2CCNC2)cc1OC.Cl. The molecule has 1 unspecified atom stereocenters. The molecule has 6 heteroatoms. The van der Waals surface area contributed by atoms with Gasteiger partial charge in [0.05, 0.1) is 20.1 Å². The van der Waals surface area contributed by atoms with Gasteiger partial charge in [-0.05, 0) is 43.5 Å². The third-order valence-electron chi connectivity index (χ3n) is 3.82. The van der Waals surface area contributed by atoms with E-state index < -0.39 is 0 Å². The number of carbonyl (C=O) groups excluding carboxylic acids is 1. The van der Waals surface area contributed by atoms with E-state index in [2.05, 4.69) is 10.6 Å². The van der Waals surface area contributed by atoms with E-state index in [0.29, 0.717) is 6.54 Å². The molecule has 1 heterocycles. The average Bonchev–Trinajstić information content (AvgIpc) is 3.05. The van der Waals surface area contributed by atoms with E-state index in [1.807, 2.05) is 18.2 Å². The fourth-order valence-corrected chi connectivity index (χ4v) is 2.56. The monoisotopic (exact) mass is 328 g/mol. The van der Waals surface area contributed by atoms with Gasteiger partial charge in [-0.15, -0.1) is 12.4 Å². The Labute approximate surface area is 138 Å². The van der Waals surface area contributed by atoms with Gasteiger partial charge in [-0.1, -0.05) is 6.07 Å². The first-order valence-electron chi connectivity index (χ1n) is 7.44. The van der Waals surface area contributed by atoms with Crippen molar-refractivity contribution in [1.82, 2.24) is 10.6 Å². The van der Waals surface area contributed by atoms with E-state index in [9.17, 15) is 4.79 Å². The Hall–Kier alpha value is -1.46. The fourth-order valence-electron chi connectivity index (χ4n) is 2.56. The lowest BCUT2D eigenvalue weighted by molar-refractivity contribution is -0.124. The summed E-state index contributed by atoms with van der Waals surface area (Å²) in [5, 5.41) is 6.22. The van der Waals surface area contributed by atoms with Crippen LogP contribution in [0.1, 0.15) is 18.4 Å². The summed E-state index contributed by atoms with van der Waals surface area (Å²) in [6, 6.07) is 5.93. The number of rotatable bonds is 7. The Morgan fingerprint density at radius 3 is 2.73 bits per heavy atom. The Morgan fingerprint density at radius 2 is 2.09 bits per heavy atom. The van der Waals surface area contributed by atoms with Crippen LogP contribution in [0.5, 0.6) is 11.5 Å². The van der Waals surface area contributed by atoms with Gasteiger partial charge >= 0.3 is 0 Å². The number of halogens is 1. The largest absolute Gasteiger partial charge is 0.493 e. The predicted octanol–water partition coefficient (Wildman–Crippen LogP) is 1.78. The molecule has 2 rings (SSSR count). The van der Waals surface area contributed by atoms with Crippen molar-refractivity contribution in [2.45, 2.75) is 19.3 Å². The molecule has 1 fully saturated rings. The second-order valence-corrected chi connectivity index (χ2v) is 5.27. The number of hydrogen-bond donors (Lipinski definition) is 2. The summed E-state index contributed by atoms with van der Waals surface area (Å²) >= 11 is 0. The van der Waals surface area contributed by atoms with Crippen molar-refractivity contribution < 1.29 is 14.3 Å². The van der Waals surface area contributed by atoms with E-state index in [1.165, 1.54) is 5.56 Å². The van der Waals surface area contributed by atoms with E-state index in [0.717, 1.165) is 43.9 Å². The average molecular weight is 329 g/mol. The van der Waals surface area contributed by atoms with E-state index >= 15 is 0 Å². The summed E-state index contributed by atoms with van der Waals surface area (Å²) in [5.74, 6) is 1.80. The molecular weight excluding hydrogens is 304 g/mol. The molecule has 0 spiro atoms. The van der Waals surface area contributed by atoms with Crippen molar-refractivity contribution in [3.8, 4) is 11.5 Å². The highest BCUT2D eigenvalue weighted by Gasteiger charge is 2.21. The summed E-state index contributed by atoms with van der Waals surface area (Å²) < 4.78 is 10.5. The molecule has 1 aromatic rings. The number of nitrogens with one attached hydrogen (secondary N) is 2. The van der Waals surface area contributed by atoms with Gasteiger partial charge in [0.2, 0.25) is 5.91 Å². The van der Waals surface area contributed by atoms with Crippen molar-refractivity contribution >= 4 is 18.3 Å². The molecule has 1 amide bonds. The van der Waals surface area contributed by atoms with Gasteiger partial charge in [-0.25, -0.2) is 0 Å². The quantitative estimate of drug-likeness (QED) is 0.749. The number of amides is 1. The van der Waals surface area contributed by atoms with Gasteiger partial charge in [0.1, 0.15) is 0 Å². The van der Waals surface area contributed by atoms with Crippen molar-refractivity contribution in [1.29, 1.82) is 0 Å². The number of carbonyl (C=O) groups is 1. The van der Waals surface area contributed by atoms with Crippen molar-refractivity contribution in [3.05, 3.63) is 23.8 Å². The summed E-state index contributed by atoms with van der Waals surface area (Å²) in [5.41, 5.74) is 1.18. The van der Waals surface area contributed by atoms with E-state index in [1.54, 1.807) is 14.2 Å². The molecule has 1 aromatic carbocycles. The minimum absolute atomic E-state index is 0. The molecular formula is C16H25ClN2O3. The topological polar surface area (TPSA) is 59.6 Å². The third-order valence-corrected chi connectivity index (χ3v) is 3.82. The zero-order valence-corrected chi connectivity index (χ0v) is 14.0. The third kappa shape index (κ3) is 5.07. The van der Waals surface area contributed by atoms with Crippen molar-refractivity contribution in [2.24, 2.45) is 5.92 Å². The van der Waals surface area contributed by atoms with Gasteiger partial charge < -0.3 is 20.1 Å². The van der Waals surface area contributed by atoms with Crippen LogP contribution in [0.25, 0.3) is 0 Å². The number of hydrogen-bond acceptors (Lipinski definition) is 4. The standard InChI is InChI=1S/C16H24N2O3.ClH/c1-20-14-6-5-12(10-15(14)21-2)4-3-8-18-16(19)13-7-9-17-11-13;/h5-6,10,13,17H,3-4,7-9,11H2,1-2H3,(H,18,19);1H. The maximum Gasteiger partial charge on any atom is 0.224 e. The van der Waals surface area contributed by atoms with Gasteiger partial charge in [0, 0.05) is 13.1 Å². The van der Waals surface area contributed by atoms with Crippen molar-refractivity contribution in [2.75, 3.05) is 33.9 Å². The molecule has 0 radical (unpaired) electrons. The second-order valence-electron chi connectivity index (χ2n) is 5.27. The lowest BCUT2D eigenvalue weighted by Crippen LogP contribution is -2.32. The van der Waals surface area contributed by atoms with Crippen LogP contribution < -0.4 is 20.1 Å². The van der Waals surface area contributed by atoms with Crippen LogP contribution in [0.2, 0.25) is 0 Å². The molecule has 1 aliphatic heterocycles. The summed E-state index contributed by atoms with van der Waals surface area (Å²) in [4.78, 5) is 11.9. The van der Waals surface area contributed by atoms with Crippen LogP contribution >= 0.6 is 12.4 Å². The lowest BCUT2D eigenvalue weighted by atomic mass is 10.1. The van der Waals surface area contributed by atoms with Crippen LogP contribution in [0.15, 0.2) is 18.2 Å². The number of methoxy groups -OCH3 is 2. The second kappa shape index (κ2) is 9.54. The van der Waals surface area contributed by atoms with Crippen LogP contribution in [-0.4, -0.2) is 39.8 Å². The predicted molar refractivity (Wildman–Crippen MR) is 89.1 cm³/mol. The minimum Gasteiger partial charge on any atom is -0.493 e. The zero-order valence-electron chi connectivity index (χ0n) is 13.2. The highest BCUT2D eigenvalue weighted by Crippen LogP contribution is 2.27. The van der Waals surface area contributed by atoms with Crippen LogP contribution in [0.3, 0.4) is 0 Å². The Morgan fingerprint density at radius 1 is 1.32 bits per heavy atom. The molecule has 0 saturated carbocycles. The summed E-state index contributed by atoms with van der Waals surface area (Å²) in [6.45, 7) is 2.47. The van der Waals surface area contributed by atoms with Crippen LogP contribution in [-0.2, 0) is 11.2 Å². The van der Waals surface area contributed by atoms with Crippen LogP contribution in [0, 0.1) is 5.92 Å². The molecule has 0 bridgehead atoms. The van der Waals surface area contributed by atoms with Gasteiger partial charge in [0.25, 0.3) is 0 Å². The van der Waals surface area contributed by atoms with Gasteiger partial charge in [0.15, 0.2) is 11.5 Å². The molecule has 5 nitrogen and oxygen atoms in total. The fraction of sp³-hybridized carbons (Fsp3) is 0.562. The molecule has 1 saturated heterocycles. The molecule has 1 aliphatic rings. The normalized spacial score (nSPS) is 16.7. The Bertz CT molecular complexity index is 476. The number of ether oxygens (including phenoxy) is 2. The molecule has 2 N–H and O–H groups in total. The number of aryl methyl sites for hydroxylation is 1. The van der Waals surface area contributed by atoms with Gasteiger partial charge in [-0.3, -0.25) is 4.79 Å². The maximum atomic E-state index is 11.9. The maximum absolute atomic E-state index is 11.9. The molecule has 0 aromatic heterocycles. The zero-order chi connectivity index (χ0) is 15.1. The molecule has 1 atom stereocenters. The van der Waals surface area contributed by atoms with Crippen LogP contribution in [0.4, 0.5) is 0 Å². The minimum atomic E-state index is 0. The first kappa shape index (κ1) is 18.6. The first-order valence-corrected chi connectivity index (χ1v) is 7.44.